The number of rotatable bonds is 8. The van der Waals surface area contributed by atoms with Crippen molar-refractivity contribution in [2.45, 2.75) is 6.54 Å². The number of carbonyl (C=O) groups is 1. The van der Waals surface area contributed by atoms with E-state index in [-0.39, 0.29) is 12.5 Å². The molecule has 3 aromatic rings. The first-order chi connectivity index (χ1) is 14.5. The summed E-state index contributed by atoms with van der Waals surface area (Å²) in [4.78, 5) is 14.3. The smallest absolute Gasteiger partial charge is 0.254 e. The van der Waals surface area contributed by atoms with Gasteiger partial charge < -0.3 is 28.3 Å². The molecule has 0 bridgehead atoms. The van der Waals surface area contributed by atoms with Gasteiger partial charge in [0.15, 0.2) is 11.5 Å². The van der Waals surface area contributed by atoms with Crippen LogP contribution >= 0.6 is 0 Å². The summed E-state index contributed by atoms with van der Waals surface area (Å²) in [6.07, 6.45) is 0. The molecule has 3 rings (SSSR count). The van der Waals surface area contributed by atoms with Crippen molar-refractivity contribution in [2.75, 3.05) is 35.5 Å². The number of hydrogen-bond donors (Lipinski definition) is 0. The summed E-state index contributed by atoms with van der Waals surface area (Å²) >= 11 is 0. The van der Waals surface area contributed by atoms with Gasteiger partial charge in [0.25, 0.3) is 5.91 Å². The van der Waals surface area contributed by atoms with Gasteiger partial charge in [0.1, 0.15) is 11.5 Å². The van der Waals surface area contributed by atoms with E-state index < -0.39 is 0 Å². The molecule has 0 aliphatic rings. The second-order valence-corrected chi connectivity index (χ2v) is 6.33. The van der Waals surface area contributed by atoms with E-state index in [9.17, 15) is 4.79 Å². The van der Waals surface area contributed by atoms with Crippen LogP contribution in [-0.2, 0) is 6.54 Å². The van der Waals surface area contributed by atoms with Crippen molar-refractivity contribution >= 4 is 5.91 Å². The van der Waals surface area contributed by atoms with Crippen LogP contribution in [0.25, 0.3) is 11.5 Å². The van der Waals surface area contributed by atoms with Crippen LogP contribution in [0.1, 0.15) is 16.2 Å². The Hall–Kier alpha value is -3.75. The van der Waals surface area contributed by atoms with E-state index >= 15 is 0 Å². The minimum absolute atomic E-state index is 0.138. The monoisotopic (exact) mass is 413 g/mol. The lowest BCUT2D eigenvalue weighted by molar-refractivity contribution is 0.0772. The summed E-state index contributed by atoms with van der Waals surface area (Å²) in [5, 5.41) is 8.11. The van der Waals surface area contributed by atoms with Crippen molar-refractivity contribution in [3.05, 3.63) is 47.9 Å². The molecule has 0 aliphatic heterocycles. The van der Waals surface area contributed by atoms with Gasteiger partial charge in [-0.3, -0.25) is 4.79 Å². The fourth-order valence-electron chi connectivity index (χ4n) is 2.83. The van der Waals surface area contributed by atoms with Crippen LogP contribution < -0.4 is 18.9 Å². The highest BCUT2D eigenvalue weighted by atomic mass is 16.5. The maximum absolute atomic E-state index is 12.8. The van der Waals surface area contributed by atoms with Gasteiger partial charge in [-0.1, -0.05) is 0 Å². The van der Waals surface area contributed by atoms with Gasteiger partial charge in [0, 0.05) is 24.2 Å². The van der Waals surface area contributed by atoms with Crippen LogP contribution in [0.15, 0.2) is 40.8 Å². The number of ether oxygens (including phenoxy) is 4. The first-order valence-corrected chi connectivity index (χ1v) is 9.02. The number of nitrogens with zero attached hydrogens (tertiary/aromatic N) is 3. The van der Waals surface area contributed by atoms with Crippen molar-refractivity contribution in [3.63, 3.8) is 0 Å². The van der Waals surface area contributed by atoms with E-state index in [2.05, 4.69) is 10.2 Å². The van der Waals surface area contributed by atoms with Crippen LogP contribution in [0.3, 0.4) is 0 Å². The fourth-order valence-corrected chi connectivity index (χ4v) is 2.83. The molecule has 30 heavy (non-hydrogen) atoms. The Labute approximate surface area is 174 Å². The van der Waals surface area contributed by atoms with Crippen molar-refractivity contribution < 1.29 is 28.2 Å². The van der Waals surface area contributed by atoms with Crippen LogP contribution in [0.2, 0.25) is 0 Å². The van der Waals surface area contributed by atoms with E-state index in [4.69, 9.17) is 23.4 Å². The molecule has 2 aromatic carbocycles. The molecule has 158 valence electrons. The molecule has 0 unspecified atom stereocenters. The normalized spacial score (nSPS) is 10.4. The largest absolute Gasteiger partial charge is 0.497 e. The van der Waals surface area contributed by atoms with Crippen molar-refractivity contribution in [2.24, 2.45) is 0 Å². The molecular formula is C21H23N3O6. The molecule has 0 fully saturated rings. The Bertz CT molecular complexity index is 1010. The molecule has 9 nitrogen and oxygen atoms in total. The average molecular weight is 413 g/mol. The zero-order chi connectivity index (χ0) is 21.7. The predicted octanol–water partition coefficient (Wildman–Crippen LogP) is 3.04. The van der Waals surface area contributed by atoms with E-state index in [0.717, 1.165) is 0 Å². The third-order valence-electron chi connectivity index (χ3n) is 4.41. The standard InChI is InChI=1S/C21H23N3O6/c1-24(21(25)14-8-15(26-2)11-16(9-14)27-3)12-19-22-23-20(30-19)13-6-7-17(28-4)18(10-13)29-5/h6-11H,12H2,1-5H3. The molecule has 0 atom stereocenters. The quantitative estimate of drug-likeness (QED) is 0.556. The molecule has 0 saturated heterocycles. The number of hydrogen-bond acceptors (Lipinski definition) is 8. The molecule has 0 radical (unpaired) electrons. The van der Waals surface area contributed by atoms with Gasteiger partial charge in [-0.05, 0) is 30.3 Å². The maximum atomic E-state index is 12.8. The Morgan fingerprint density at radius 1 is 0.900 bits per heavy atom. The zero-order valence-electron chi connectivity index (χ0n) is 17.5. The lowest BCUT2D eigenvalue weighted by Crippen LogP contribution is -2.26. The lowest BCUT2D eigenvalue weighted by Gasteiger charge is -2.16. The second kappa shape index (κ2) is 9.17. The molecule has 9 heteroatoms. The van der Waals surface area contributed by atoms with E-state index in [1.165, 1.54) is 19.1 Å². The summed E-state index contributed by atoms with van der Waals surface area (Å²) < 4.78 is 26.7. The molecule has 0 aliphatic carbocycles. The molecule has 0 N–H and O–H groups in total. The number of carbonyl (C=O) groups excluding carboxylic acids is 1. The van der Waals surface area contributed by atoms with Crippen molar-refractivity contribution in [3.8, 4) is 34.5 Å². The molecule has 1 amide bonds. The molecule has 0 saturated carbocycles. The van der Waals surface area contributed by atoms with Crippen molar-refractivity contribution in [1.29, 1.82) is 0 Å². The third-order valence-corrected chi connectivity index (χ3v) is 4.41. The molecule has 0 spiro atoms. The molecular weight excluding hydrogens is 390 g/mol. The van der Waals surface area contributed by atoms with Crippen LogP contribution in [0.4, 0.5) is 0 Å². The average Bonchev–Trinajstić information content (AvgIpc) is 3.25. The van der Waals surface area contributed by atoms with Gasteiger partial charge in [0.2, 0.25) is 11.8 Å². The summed E-state index contributed by atoms with van der Waals surface area (Å²) in [7, 11) is 7.82. The number of benzene rings is 2. The minimum Gasteiger partial charge on any atom is -0.497 e. The third kappa shape index (κ3) is 4.45. The van der Waals surface area contributed by atoms with Gasteiger partial charge in [-0.25, -0.2) is 0 Å². The Morgan fingerprint density at radius 2 is 1.57 bits per heavy atom. The number of methoxy groups -OCH3 is 4. The van der Waals surface area contributed by atoms with E-state index in [0.29, 0.717) is 45.9 Å². The van der Waals surface area contributed by atoms with Gasteiger partial charge in [-0.2, -0.15) is 0 Å². The Morgan fingerprint density at radius 3 is 2.17 bits per heavy atom. The van der Waals surface area contributed by atoms with Gasteiger partial charge in [0.05, 0.1) is 35.0 Å². The first-order valence-electron chi connectivity index (χ1n) is 9.02. The summed E-state index contributed by atoms with van der Waals surface area (Å²) in [5.74, 6) is 2.58. The molecule has 1 aromatic heterocycles. The SMILES string of the molecule is COc1cc(OC)cc(C(=O)N(C)Cc2nnc(-c3ccc(OC)c(OC)c3)o2)c1. The summed E-state index contributed by atoms with van der Waals surface area (Å²) in [5.41, 5.74) is 1.10. The minimum atomic E-state index is -0.238. The zero-order valence-corrected chi connectivity index (χ0v) is 17.5. The predicted molar refractivity (Wildman–Crippen MR) is 108 cm³/mol. The first kappa shape index (κ1) is 21.0. The highest BCUT2D eigenvalue weighted by Gasteiger charge is 2.18. The maximum Gasteiger partial charge on any atom is 0.254 e. The second-order valence-electron chi connectivity index (χ2n) is 6.33. The fraction of sp³-hybridized carbons (Fsp3) is 0.286. The van der Waals surface area contributed by atoms with Gasteiger partial charge in [-0.15, -0.1) is 10.2 Å². The lowest BCUT2D eigenvalue weighted by atomic mass is 10.1. The number of aromatic nitrogens is 2. The van der Waals surface area contributed by atoms with E-state index in [1.807, 2.05) is 0 Å². The van der Waals surface area contributed by atoms with Gasteiger partial charge >= 0.3 is 0 Å². The van der Waals surface area contributed by atoms with Crippen LogP contribution in [-0.4, -0.2) is 56.5 Å². The summed E-state index contributed by atoms with van der Waals surface area (Å²) in [6, 6.07) is 10.3. The van der Waals surface area contributed by atoms with Crippen molar-refractivity contribution in [1.82, 2.24) is 15.1 Å². The van der Waals surface area contributed by atoms with E-state index in [1.54, 1.807) is 57.7 Å². The van der Waals surface area contributed by atoms with Crippen LogP contribution in [0.5, 0.6) is 23.0 Å². The number of amides is 1. The summed E-state index contributed by atoms with van der Waals surface area (Å²) in [6.45, 7) is 0.138. The Balaban J connectivity index is 1.76. The van der Waals surface area contributed by atoms with Crippen LogP contribution in [0, 0.1) is 0 Å². The molecule has 1 heterocycles. The topological polar surface area (TPSA) is 96.2 Å². The highest BCUT2D eigenvalue weighted by Crippen LogP contribution is 2.32. The highest BCUT2D eigenvalue weighted by molar-refractivity contribution is 5.94. The Kier molecular flexibility index (Phi) is 6.41.